The first-order chi connectivity index (χ1) is 12.6. The van der Waals surface area contributed by atoms with Crippen LogP contribution >= 0.6 is 15.9 Å². The lowest BCUT2D eigenvalue weighted by atomic mass is 10.1. The number of hydrogen-bond donors (Lipinski definition) is 2. The first kappa shape index (κ1) is 17.9. The first-order valence-corrected chi connectivity index (χ1v) is 8.64. The lowest BCUT2D eigenvalue weighted by molar-refractivity contribution is -0.143. The molecule has 0 bridgehead atoms. The number of carbonyl (C=O) groups excluding carboxylic acids is 2. The summed E-state index contributed by atoms with van der Waals surface area (Å²) in [6, 6.07) is 17.5. The Bertz CT molecular complexity index is 910. The second-order valence-electron chi connectivity index (χ2n) is 5.47. The summed E-state index contributed by atoms with van der Waals surface area (Å²) in [4.78, 5) is 24.8. The van der Waals surface area contributed by atoms with E-state index < -0.39 is 17.9 Å². The van der Waals surface area contributed by atoms with Gasteiger partial charge >= 0.3 is 5.97 Å². The number of esters is 1. The van der Waals surface area contributed by atoms with Crippen molar-refractivity contribution < 1.29 is 14.3 Å². The van der Waals surface area contributed by atoms with Crippen LogP contribution in [-0.4, -0.2) is 29.2 Å². The standard InChI is InChI=1S/C19H16BrN3O3/c1-26-19(25)16(13-10-6-3-7-11-13)21-18(24)17-14(20)15(22-23-17)12-8-4-2-5-9-12/h2-11,16H,1H3,(H,21,24)(H,22,23). The normalized spacial score (nSPS) is 11.6. The van der Waals surface area contributed by atoms with E-state index in [1.165, 1.54) is 7.11 Å². The third-order valence-corrected chi connectivity index (χ3v) is 4.60. The topological polar surface area (TPSA) is 84.1 Å². The molecule has 1 heterocycles. The highest BCUT2D eigenvalue weighted by atomic mass is 79.9. The quantitative estimate of drug-likeness (QED) is 0.627. The number of carbonyl (C=O) groups is 2. The predicted molar refractivity (Wildman–Crippen MR) is 100 cm³/mol. The number of methoxy groups -OCH3 is 1. The summed E-state index contributed by atoms with van der Waals surface area (Å²) < 4.78 is 5.34. The SMILES string of the molecule is COC(=O)C(NC(=O)c1[nH]nc(-c2ccccc2)c1Br)c1ccccc1. The zero-order valence-electron chi connectivity index (χ0n) is 13.9. The molecule has 0 aliphatic rings. The van der Waals surface area contributed by atoms with Crippen molar-refractivity contribution in [3.63, 3.8) is 0 Å². The van der Waals surface area contributed by atoms with Crippen molar-refractivity contribution >= 4 is 27.8 Å². The van der Waals surface area contributed by atoms with Crippen LogP contribution in [0.15, 0.2) is 65.1 Å². The minimum atomic E-state index is -0.913. The van der Waals surface area contributed by atoms with Crippen LogP contribution in [0.5, 0.6) is 0 Å². The Morgan fingerprint density at radius 2 is 1.69 bits per heavy atom. The van der Waals surface area contributed by atoms with E-state index in [1.807, 2.05) is 36.4 Å². The molecule has 26 heavy (non-hydrogen) atoms. The van der Waals surface area contributed by atoms with E-state index in [0.717, 1.165) is 5.56 Å². The number of H-pyrrole nitrogens is 1. The first-order valence-electron chi connectivity index (χ1n) is 7.84. The molecular formula is C19H16BrN3O3. The van der Waals surface area contributed by atoms with Crippen molar-refractivity contribution in [2.75, 3.05) is 7.11 Å². The molecule has 1 atom stereocenters. The van der Waals surface area contributed by atoms with Crippen molar-refractivity contribution in [2.24, 2.45) is 0 Å². The van der Waals surface area contributed by atoms with Crippen LogP contribution in [0.4, 0.5) is 0 Å². The van der Waals surface area contributed by atoms with Crippen LogP contribution in [0, 0.1) is 0 Å². The fourth-order valence-corrected chi connectivity index (χ4v) is 3.10. The minimum absolute atomic E-state index is 0.230. The van der Waals surface area contributed by atoms with Crippen LogP contribution in [-0.2, 0) is 9.53 Å². The smallest absolute Gasteiger partial charge is 0.333 e. The zero-order valence-corrected chi connectivity index (χ0v) is 15.5. The summed E-state index contributed by atoms with van der Waals surface area (Å²) in [6.45, 7) is 0. The van der Waals surface area contributed by atoms with E-state index in [-0.39, 0.29) is 5.69 Å². The lowest BCUT2D eigenvalue weighted by Crippen LogP contribution is -2.34. The molecule has 0 aliphatic heterocycles. The molecule has 1 aromatic heterocycles. The van der Waals surface area contributed by atoms with Crippen LogP contribution in [0.25, 0.3) is 11.3 Å². The van der Waals surface area contributed by atoms with Gasteiger partial charge in [-0.15, -0.1) is 0 Å². The molecule has 6 nitrogen and oxygen atoms in total. The van der Waals surface area contributed by atoms with Crippen molar-refractivity contribution in [3.8, 4) is 11.3 Å². The third-order valence-electron chi connectivity index (χ3n) is 3.83. The number of rotatable bonds is 5. The predicted octanol–water partition coefficient (Wildman–Crippen LogP) is 3.48. The fourth-order valence-electron chi connectivity index (χ4n) is 2.51. The van der Waals surface area contributed by atoms with Crippen molar-refractivity contribution in [2.45, 2.75) is 6.04 Å². The van der Waals surface area contributed by atoms with Gasteiger partial charge in [0, 0.05) is 5.56 Å². The maximum Gasteiger partial charge on any atom is 0.333 e. The monoisotopic (exact) mass is 413 g/mol. The van der Waals surface area contributed by atoms with Gasteiger partial charge in [-0.25, -0.2) is 4.79 Å². The average molecular weight is 414 g/mol. The maximum absolute atomic E-state index is 12.7. The molecule has 7 heteroatoms. The molecule has 132 valence electrons. The van der Waals surface area contributed by atoms with E-state index in [9.17, 15) is 9.59 Å². The Morgan fingerprint density at radius 1 is 1.08 bits per heavy atom. The second kappa shape index (κ2) is 7.97. The van der Waals surface area contributed by atoms with Gasteiger partial charge in [0.05, 0.1) is 11.6 Å². The molecule has 3 aromatic rings. The Kier molecular flexibility index (Phi) is 5.48. The highest BCUT2D eigenvalue weighted by Gasteiger charge is 2.26. The van der Waals surface area contributed by atoms with Crippen molar-refractivity contribution in [3.05, 3.63) is 76.4 Å². The molecule has 0 aliphatic carbocycles. The number of aromatic nitrogens is 2. The van der Waals surface area contributed by atoms with Crippen LogP contribution in [0.1, 0.15) is 22.1 Å². The number of nitrogens with zero attached hydrogens (tertiary/aromatic N) is 1. The van der Waals surface area contributed by atoms with Crippen molar-refractivity contribution in [1.82, 2.24) is 15.5 Å². The number of amides is 1. The maximum atomic E-state index is 12.7. The summed E-state index contributed by atoms with van der Waals surface area (Å²) in [5, 5.41) is 9.62. The highest BCUT2D eigenvalue weighted by molar-refractivity contribution is 9.10. The molecule has 0 saturated carbocycles. The molecule has 0 fully saturated rings. The summed E-state index contributed by atoms with van der Waals surface area (Å²) in [5.41, 5.74) is 2.34. The molecule has 0 radical (unpaired) electrons. The van der Waals surface area contributed by atoms with E-state index in [1.54, 1.807) is 24.3 Å². The number of ether oxygens (including phenoxy) is 1. The summed E-state index contributed by atoms with van der Waals surface area (Å²) in [5.74, 6) is -1.02. The molecule has 0 saturated heterocycles. The minimum Gasteiger partial charge on any atom is -0.467 e. The van der Waals surface area contributed by atoms with Gasteiger partial charge in [0.15, 0.2) is 6.04 Å². The van der Waals surface area contributed by atoms with E-state index in [2.05, 4.69) is 31.4 Å². The molecule has 3 rings (SSSR count). The summed E-state index contributed by atoms with van der Waals surface area (Å²) in [6.07, 6.45) is 0. The van der Waals surface area contributed by atoms with E-state index in [0.29, 0.717) is 15.7 Å². The summed E-state index contributed by atoms with van der Waals surface area (Å²) in [7, 11) is 1.28. The molecule has 2 N–H and O–H groups in total. The molecular weight excluding hydrogens is 398 g/mol. The van der Waals surface area contributed by atoms with Gasteiger partial charge in [-0.1, -0.05) is 60.7 Å². The Morgan fingerprint density at radius 3 is 2.31 bits per heavy atom. The number of hydrogen-bond acceptors (Lipinski definition) is 4. The van der Waals surface area contributed by atoms with Gasteiger partial charge in [0.25, 0.3) is 5.91 Å². The largest absolute Gasteiger partial charge is 0.467 e. The molecule has 2 aromatic carbocycles. The van der Waals surface area contributed by atoms with Crippen LogP contribution in [0.2, 0.25) is 0 Å². The molecule has 0 spiro atoms. The van der Waals surface area contributed by atoms with Crippen LogP contribution < -0.4 is 5.32 Å². The number of benzene rings is 2. The van der Waals surface area contributed by atoms with Gasteiger partial charge < -0.3 is 10.1 Å². The van der Waals surface area contributed by atoms with Crippen molar-refractivity contribution in [1.29, 1.82) is 0 Å². The molecule has 1 amide bonds. The van der Waals surface area contributed by atoms with Gasteiger partial charge in [-0.05, 0) is 21.5 Å². The number of aromatic amines is 1. The highest BCUT2D eigenvalue weighted by Crippen LogP contribution is 2.29. The second-order valence-corrected chi connectivity index (χ2v) is 6.26. The van der Waals surface area contributed by atoms with Gasteiger partial charge in [-0.2, -0.15) is 5.10 Å². The number of nitrogens with one attached hydrogen (secondary N) is 2. The average Bonchev–Trinajstić information content (AvgIpc) is 3.08. The Balaban J connectivity index is 1.87. The third kappa shape index (κ3) is 3.67. The Labute approximate surface area is 158 Å². The van der Waals surface area contributed by atoms with Gasteiger partial charge in [-0.3, -0.25) is 9.89 Å². The van der Waals surface area contributed by atoms with Gasteiger partial charge in [0.2, 0.25) is 0 Å². The van der Waals surface area contributed by atoms with Gasteiger partial charge in [0.1, 0.15) is 11.4 Å². The Hall–Kier alpha value is -2.93. The van der Waals surface area contributed by atoms with E-state index >= 15 is 0 Å². The van der Waals surface area contributed by atoms with Crippen LogP contribution in [0.3, 0.4) is 0 Å². The zero-order chi connectivity index (χ0) is 18.5. The summed E-state index contributed by atoms with van der Waals surface area (Å²) >= 11 is 3.42. The number of halogens is 1. The van der Waals surface area contributed by atoms with E-state index in [4.69, 9.17) is 4.74 Å². The lowest BCUT2D eigenvalue weighted by Gasteiger charge is -2.16. The molecule has 1 unspecified atom stereocenters. The fraction of sp³-hybridized carbons (Fsp3) is 0.105.